The Morgan fingerprint density at radius 1 is 1.32 bits per heavy atom. The maximum atomic E-state index is 5.51. The lowest BCUT2D eigenvalue weighted by atomic mass is 10.3. The van der Waals surface area contributed by atoms with Crippen molar-refractivity contribution in [3.05, 3.63) is 18.7 Å². The van der Waals surface area contributed by atoms with E-state index < -0.39 is 5.41 Å². The predicted octanol–water partition coefficient (Wildman–Crippen LogP) is 1.23. The van der Waals surface area contributed by atoms with Crippen LogP contribution >= 0.6 is 0 Å². The Labute approximate surface area is 118 Å². The molecule has 0 saturated heterocycles. The van der Waals surface area contributed by atoms with Gasteiger partial charge in [0, 0.05) is 21.3 Å². The van der Waals surface area contributed by atoms with Gasteiger partial charge < -0.3 is 14.2 Å². The fourth-order valence-electron chi connectivity index (χ4n) is 1.84. The minimum atomic E-state index is -0.834. The molecule has 0 aliphatic carbocycles. The Morgan fingerprint density at radius 2 is 2.00 bits per heavy atom. The van der Waals surface area contributed by atoms with E-state index in [2.05, 4.69) is 27.9 Å². The molecule has 107 valence electrons. The number of ether oxygens (including phenoxy) is 3. The lowest BCUT2D eigenvalue weighted by Gasteiger charge is -2.28. The van der Waals surface area contributed by atoms with E-state index in [0.717, 1.165) is 6.54 Å². The maximum Gasteiger partial charge on any atom is 0.245 e. The Bertz CT molecular complexity index is 367. The summed E-state index contributed by atoms with van der Waals surface area (Å²) < 4.78 is 20.3. The van der Waals surface area contributed by atoms with Gasteiger partial charge in [0.1, 0.15) is 28.0 Å². The zero-order chi connectivity index (χ0) is 14.3. The third-order valence-electron chi connectivity index (χ3n) is 3.19. The van der Waals surface area contributed by atoms with Gasteiger partial charge in [0.15, 0.2) is 0 Å². The van der Waals surface area contributed by atoms with Gasteiger partial charge in [-0.25, -0.2) is 9.13 Å². The number of nitrogens with zero attached hydrogens (tertiary/aromatic N) is 2. The molecule has 0 aromatic carbocycles. The molecule has 0 N–H and O–H groups in total. The van der Waals surface area contributed by atoms with Gasteiger partial charge in [0.2, 0.25) is 12.6 Å². The number of hydrogen-bond donors (Lipinski definition) is 0. The second-order valence-corrected chi connectivity index (χ2v) is 5.27. The standard InChI is InChI=1S/C13H24N2O3Si/c1-5-6-7-14-8-9-15(11-14)12(16-2)10-13(19,17-3)18-4/h8-9,11-12H,5-7,10H2,1-4H3/q+1. The summed E-state index contributed by atoms with van der Waals surface area (Å²) in [7, 11) is 8.36. The Balaban J connectivity index is 2.71. The molecule has 6 heteroatoms. The van der Waals surface area contributed by atoms with Crippen LogP contribution in [0.4, 0.5) is 0 Å². The summed E-state index contributed by atoms with van der Waals surface area (Å²) in [6, 6.07) is 0. The highest BCUT2D eigenvalue weighted by Crippen LogP contribution is 2.22. The summed E-state index contributed by atoms with van der Waals surface area (Å²) in [4.78, 5) is 0. The molecule has 0 aliphatic heterocycles. The van der Waals surface area contributed by atoms with Crippen molar-refractivity contribution >= 4 is 10.2 Å². The summed E-state index contributed by atoms with van der Waals surface area (Å²) in [5, 5.41) is 0. The van der Waals surface area contributed by atoms with Crippen LogP contribution in [0.5, 0.6) is 0 Å². The second kappa shape index (κ2) is 7.79. The average molecular weight is 284 g/mol. The van der Waals surface area contributed by atoms with Gasteiger partial charge in [0.25, 0.3) is 0 Å². The summed E-state index contributed by atoms with van der Waals surface area (Å²) in [6.45, 7) is 3.21. The predicted molar refractivity (Wildman–Crippen MR) is 72.7 cm³/mol. The molecule has 1 unspecified atom stereocenters. The van der Waals surface area contributed by atoms with Crippen LogP contribution in [0, 0.1) is 0 Å². The minimum absolute atomic E-state index is 0.153. The molecule has 19 heavy (non-hydrogen) atoms. The third-order valence-corrected chi connectivity index (χ3v) is 3.80. The molecule has 1 heterocycles. The molecular formula is C13H24N2O3Si+. The number of unbranched alkanes of at least 4 members (excludes halogenated alkanes) is 1. The molecule has 1 atom stereocenters. The molecule has 1 rings (SSSR count). The first kappa shape index (κ1) is 16.4. The highest BCUT2D eigenvalue weighted by molar-refractivity contribution is 6.13. The SMILES string of the molecule is CCCC[n+]1ccn(C(CC([Si])(OC)OC)OC)c1. The van der Waals surface area contributed by atoms with Crippen LogP contribution < -0.4 is 4.57 Å². The summed E-state index contributed by atoms with van der Waals surface area (Å²) >= 11 is 0. The molecule has 0 amide bonds. The van der Waals surface area contributed by atoms with Crippen molar-refractivity contribution in [3.63, 3.8) is 0 Å². The number of aromatic nitrogens is 2. The van der Waals surface area contributed by atoms with E-state index in [1.165, 1.54) is 12.8 Å². The smallest absolute Gasteiger partial charge is 0.245 e. The Kier molecular flexibility index (Phi) is 6.71. The fraction of sp³-hybridized carbons (Fsp3) is 0.769. The molecule has 0 fully saturated rings. The maximum absolute atomic E-state index is 5.51. The van der Waals surface area contributed by atoms with Crippen molar-refractivity contribution in [3.8, 4) is 0 Å². The monoisotopic (exact) mass is 284 g/mol. The Hall–Kier alpha value is -0.693. The third kappa shape index (κ3) is 4.72. The van der Waals surface area contributed by atoms with Gasteiger partial charge in [-0.2, -0.15) is 0 Å². The van der Waals surface area contributed by atoms with Crippen LogP contribution in [0.15, 0.2) is 18.7 Å². The largest absolute Gasteiger partial charge is 0.358 e. The van der Waals surface area contributed by atoms with Crippen LogP contribution in [0.2, 0.25) is 0 Å². The number of rotatable bonds is 9. The van der Waals surface area contributed by atoms with E-state index in [1.54, 1.807) is 21.3 Å². The number of methoxy groups -OCH3 is 3. The molecule has 0 spiro atoms. The second-order valence-electron chi connectivity index (χ2n) is 4.51. The first-order valence-electron chi connectivity index (χ1n) is 6.53. The normalized spacial score (nSPS) is 13.7. The van der Waals surface area contributed by atoms with Crippen LogP contribution in [0.3, 0.4) is 0 Å². The molecule has 0 saturated carbocycles. The van der Waals surface area contributed by atoms with Crippen LogP contribution in [0.25, 0.3) is 0 Å². The molecule has 1 aromatic rings. The van der Waals surface area contributed by atoms with E-state index in [0.29, 0.717) is 6.42 Å². The summed E-state index contributed by atoms with van der Waals surface area (Å²) in [5.74, 6) is 0. The van der Waals surface area contributed by atoms with Crippen LogP contribution in [-0.4, -0.2) is 41.5 Å². The molecule has 5 nitrogen and oxygen atoms in total. The van der Waals surface area contributed by atoms with Gasteiger partial charge in [-0.15, -0.1) is 0 Å². The first-order chi connectivity index (χ1) is 9.08. The highest BCUT2D eigenvalue weighted by Gasteiger charge is 2.31. The minimum Gasteiger partial charge on any atom is -0.358 e. The zero-order valence-corrected chi connectivity index (χ0v) is 13.3. The molecule has 3 radical (unpaired) electrons. The van der Waals surface area contributed by atoms with Crippen molar-refractivity contribution in [1.82, 2.24) is 4.57 Å². The van der Waals surface area contributed by atoms with Crippen molar-refractivity contribution in [2.45, 2.75) is 44.4 Å². The van der Waals surface area contributed by atoms with E-state index in [9.17, 15) is 0 Å². The van der Waals surface area contributed by atoms with Gasteiger partial charge in [0.05, 0.1) is 13.0 Å². The zero-order valence-electron chi connectivity index (χ0n) is 12.3. The van der Waals surface area contributed by atoms with Crippen molar-refractivity contribution in [2.24, 2.45) is 0 Å². The molecule has 0 aliphatic rings. The fourth-order valence-corrected chi connectivity index (χ4v) is 2.02. The van der Waals surface area contributed by atoms with Gasteiger partial charge in [-0.3, -0.25) is 0 Å². The van der Waals surface area contributed by atoms with Crippen molar-refractivity contribution in [1.29, 1.82) is 0 Å². The first-order valence-corrected chi connectivity index (χ1v) is 7.03. The van der Waals surface area contributed by atoms with Gasteiger partial charge in [-0.1, -0.05) is 13.3 Å². The molecule has 0 bridgehead atoms. The number of hydrogen-bond acceptors (Lipinski definition) is 3. The number of aryl methyl sites for hydroxylation is 1. The van der Waals surface area contributed by atoms with Crippen molar-refractivity contribution in [2.75, 3.05) is 21.3 Å². The summed E-state index contributed by atoms with van der Waals surface area (Å²) in [5.41, 5.74) is -0.834. The Morgan fingerprint density at radius 3 is 2.53 bits per heavy atom. The molecule has 1 aromatic heterocycles. The van der Waals surface area contributed by atoms with Gasteiger partial charge in [-0.05, 0) is 6.42 Å². The molecular weight excluding hydrogens is 260 g/mol. The average Bonchev–Trinajstić information content (AvgIpc) is 2.91. The van der Waals surface area contributed by atoms with E-state index >= 15 is 0 Å². The quantitative estimate of drug-likeness (QED) is 0.389. The highest BCUT2D eigenvalue weighted by atomic mass is 28.1. The van der Waals surface area contributed by atoms with E-state index in [-0.39, 0.29) is 6.23 Å². The number of imidazole rings is 1. The lowest BCUT2D eigenvalue weighted by molar-refractivity contribution is -0.697. The van der Waals surface area contributed by atoms with E-state index in [4.69, 9.17) is 14.2 Å². The van der Waals surface area contributed by atoms with Crippen LogP contribution in [-0.2, 0) is 20.8 Å². The van der Waals surface area contributed by atoms with Gasteiger partial charge >= 0.3 is 0 Å². The topological polar surface area (TPSA) is 36.5 Å². The van der Waals surface area contributed by atoms with E-state index in [1.807, 2.05) is 17.1 Å². The summed E-state index contributed by atoms with van der Waals surface area (Å²) in [6.07, 6.45) is 8.84. The van der Waals surface area contributed by atoms with Crippen LogP contribution in [0.1, 0.15) is 32.4 Å². The van der Waals surface area contributed by atoms with Crippen molar-refractivity contribution < 1.29 is 18.8 Å². The lowest BCUT2D eigenvalue weighted by Crippen LogP contribution is -2.38.